The smallest absolute Gasteiger partial charge is 0.326 e. The van der Waals surface area contributed by atoms with Gasteiger partial charge in [0.15, 0.2) is 6.61 Å². The van der Waals surface area contributed by atoms with Crippen LogP contribution < -0.4 is 10.6 Å². The third-order valence-corrected chi connectivity index (χ3v) is 7.54. The van der Waals surface area contributed by atoms with Crippen molar-refractivity contribution in [3.8, 4) is 0 Å². The number of hydrogen-bond acceptors (Lipinski definition) is 6. The number of likely N-dealkylation sites (tertiary alicyclic amines) is 1. The molecule has 2 saturated carbocycles. The lowest BCUT2D eigenvalue weighted by atomic mass is 9.80. The predicted octanol–water partition coefficient (Wildman–Crippen LogP) is 1.59. The summed E-state index contributed by atoms with van der Waals surface area (Å²) in [6, 6.07) is 6.37. The molecule has 0 unspecified atom stereocenters. The van der Waals surface area contributed by atoms with Gasteiger partial charge in [-0.2, -0.15) is 0 Å². The summed E-state index contributed by atoms with van der Waals surface area (Å²) in [6.07, 6.45) is 0.638. The highest BCUT2D eigenvalue weighted by atomic mass is 35.5. The summed E-state index contributed by atoms with van der Waals surface area (Å²) in [7, 11) is 0. The van der Waals surface area contributed by atoms with Crippen molar-refractivity contribution in [3.63, 3.8) is 0 Å². The summed E-state index contributed by atoms with van der Waals surface area (Å²) >= 11 is 12.6. The molecule has 1 saturated heterocycles. The zero-order valence-electron chi connectivity index (χ0n) is 17.0. The van der Waals surface area contributed by atoms with E-state index in [9.17, 15) is 24.0 Å². The number of fused-ring (bicyclic) bond motifs is 5. The Morgan fingerprint density at radius 3 is 1.97 bits per heavy atom. The molecule has 2 N–H and O–H groups in total. The van der Waals surface area contributed by atoms with E-state index in [1.807, 2.05) is 0 Å². The number of nitrogens with one attached hydrogen (secondary N) is 2. The largest absolute Gasteiger partial charge is 0.454 e. The van der Waals surface area contributed by atoms with Gasteiger partial charge in [0.25, 0.3) is 5.91 Å². The molecule has 1 aromatic carbocycles. The molecule has 4 amide bonds. The number of amides is 4. The number of carbonyl (C=O) groups is 5. The Kier molecular flexibility index (Phi) is 6.13. The molecule has 4 rings (SSSR count). The second-order valence-electron chi connectivity index (χ2n) is 8.23. The molecular weight excluding hydrogens is 461 g/mol. The maximum atomic E-state index is 12.7. The first-order valence-corrected chi connectivity index (χ1v) is 11.0. The van der Waals surface area contributed by atoms with Gasteiger partial charge in [-0.3, -0.25) is 28.9 Å². The topological polar surface area (TPSA) is 122 Å². The predicted molar refractivity (Wildman–Crippen MR) is 115 cm³/mol. The van der Waals surface area contributed by atoms with Crippen LogP contribution in [0.2, 0.25) is 0 Å². The standard InChI is InChI=1S/C21H21Cl2N3O6/c1-9(27)24-10-2-4-11(5-3-10)25-14(28)8-32-15(29)7-26-20(30)16-12-6-13(17(16)21(26)31)19(23)18(12)22/h2-5,12-13,16-19H,6-8H2,1H3,(H,24,27)(H,25,28)/t12-,13-,16-,17+,18-,19+/m1/s1. The van der Waals surface area contributed by atoms with Crippen molar-refractivity contribution in [2.45, 2.75) is 24.1 Å². The number of benzene rings is 1. The van der Waals surface area contributed by atoms with Crippen molar-refractivity contribution in [2.75, 3.05) is 23.8 Å². The summed E-state index contributed by atoms with van der Waals surface area (Å²) in [5, 5.41) is 4.40. The molecule has 2 bridgehead atoms. The van der Waals surface area contributed by atoms with Gasteiger partial charge in [0, 0.05) is 18.3 Å². The number of nitrogens with zero attached hydrogens (tertiary/aromatic N) is 1. The van der Waals surface area contributed by atoms with Gasteiger partial charge in [0.05, 0.1) is 22.6 Å². The van der Waals surface area contributed by atoms with Crippen molar-refractivity contribution >= 4 is 64.2 Å². The van der Waals surface area contributed by atoms with Gasteiger partial charge >= 0.3 is 5.97 Å². The van der Waals surface area contributed by atoms with Crippen LogP contribution in [0, 0.1) is 23.7 Å². The SMILES string of the molecule is CC(=O)Nc1ccc(NC(=O)COC(=O)CN2C(=O)[C@@H]3[C@H]4C[C@@H]([C@H](Cl)[C@@H]4Cl)[C@@H]3C2=O)cc1. The molecule has 2 aliphatic carbocycles. The van der Waals surface area contributed by atoms with E-state index in [1.165, 1.54) is 6.92 Å². The molecule has 0 spiro atoms. The first-order chi connectivity index (χ1) is 15.2. The summed E-state index contributed by atoms with van der Waals surface area (Å²) in [6.45, 7) is 0.254. The average Bonchev–Trinajstić information content (AvgIpc) is 3.34. The maximum absolute atomic E-state index is 12.7. The molecule has 11 heteroatoms. The second kappa shape index (κ2) is 8.71. The highest BCUT2D eigenvalue weighted by molar-refractivity contribution is 6.31. The number of carbonyl (C=O) groups excluding carboxylic acids is 5. The molecule has 0 radical (unpaired) electrons. The minimum absolute atomic E-state index is 0.172. The van der Waals surface area contributed by atoms with E-state index < -0.39 is 48.7 Å². The number of imide groups is 1. The van der Waals surface area contributed by atoms with Crippen molar-refractivity contribution in [3.05, 3.63) is 24.3 Å². The van der Waals surface area contributed by atoms with Crippen LogP contribution in [0.1, 0.15) is 13.3 Å². The average molecular weight is 482 g/mol. The number of esters is 1. The number of hydrogen-bond donors (Lipinski definition) is 2. The molecule has 0 aromatic heterocycles. The van der Waals surface area contributed by atoms with Gasteiger partial charge in [-0.15, -0.1) is 23.2 Å². The van der Waals surface area contributed by atoms with E-state index >= 15 is 0 Å². The number of anilines is 2. The van der Waals surface area contributed by atoms with Crippen molar-refractivity contribution in [2.24, 2.45) is 23.7 Å². The first kappa shape index (κ1) is 22.5. The van der Waals surface area contributed by atoms with Gasteiger partial charge in [-0.1, -0.05) is 0 Å². The van der Waals surface area contributed by atoms with Crippen molar-refractivity contribution in [1.82, 2.24) is 4.90 Å². The van der Waals surface area contributed by atoms with Gasteiger partial charge < -0.3 is 15.4 Å². The fourth-order valence-electron chi connectivity index (χ4n) is 4.92. The van der Waals surface area contributed by atoms with Crippen LogP contribution in [0.25, 0.3) is 0 Å². The monoisotopic (exact) mass is 481 g/mol. The van der Waals surface area contributed by atoms with E-state index in [0.29, 0.717) is 17.8 Å². The highest BCUT2D eigenvalue weighted by Crippen LogP contribution is 2.59. The molecule has 6 atom stereocenters. The third-order valence-electron chi connectivity index (χ3n) is 6.22. The molecule has 3 fully saturated rings. The first-order valence-electron chi connectivity index (χ1n) is 10.1. The minimum Gasteiger partial charge on any atom is -0.454 e. The van der Waals surface area contributed by atoms with Crippen LogP contribution in [0.3, 0.4) is 0 Å². The van der Waals surface area contributed by atoms with Crippen LogP contribution in [0.4, 0.5) is 11.4 Å². The number of halogens is 2. The van der Waals surface area contributed by atoms with Crippen LogP contribution in [-0.2, 0) is 28.7 Å². The number of rotatable bonds is 6. The van der Waals surface area contributed by atoms with E-state index in [1.54, 1.807) is 24.3 Å². The Hall–Kier alpha value is -2.65. The zero-order valence-corrected chi connectivity index (χ0v) is 18.6. The molecular formula is C21H21Cl2N3O6. The Balaban J connectivity index is 1.27. The summed E-state index contributed by atoms with van der Waals surface area (Å²) in [5.74, 6) is -3.95. The Bertz CT molecular complexity index is 952. The Morgan fingerprint density at radius 1 is 0.969 bits per heavy atom. The van der Waals surface area contributed by atoms with Gasteiger partial charge in [-0.05, 0) is 42.5 Å². The Labute approximate surface area is 193 Å². The number of ether oxygens (including phenoxy) is 1. The highest BCUT2D eigenvalue weighted by Gasteiger charge is 2.66. The van der Waals surface area contributed by atoms with E-state index in [2.05, 4.69) is 10.6 Å². The lowest BCUT2D eigenvalue weighted by Gasteiger charge is -2.28. The molecule has 1 aromatic rings. The summed E-state index contributed by atoms with van der Waals surface area (Å²) in [5.41, 5.74) is 1.01. The van der Waals surface area contributed by atoms with Crippen LogP contribution >= 0.6 is 23.2 Å². The molecule has 1 heterocycles. The van der Waals surface area contributed by atoms with Crippen molar-refractivity contribution in [1.29, 1.82) is 0 Å². The minimum atomic E-state index is -0.861. The molecule has 32 heavy (non-hydrogen) atoms. The lowest BCUT2D eigenvalue weighted by Crippen LogP contribution is -2.38. The Morgan fingerprint density at radius 2 is 1.47 bits per heavy atom. The number of alkyl halides is 2. The molecule has 170 valence electrons. The fraction of sp³-hybridized carbons (Fsp3) is 0.476. The van der Waals surface area contributed by atoms with Crippen LogP contribution in [0.5, 0.6) is 0 Å². The van der Waals surface area contributed by atoms with Gasteiger partial charge in [-0.25, -0.2) is 0 Å². The normalized spacial score (nSPS) is 30.3. The van der Waals surface area contributed by atoms with Crippen LogP contribution in [0.15, 0.2) is 24.3 Å². The third kappa shape index (κ3) is 4.06. The fourth-order valence-corrected chi connectivity index (χ4v) is 5.82. The maximum Gasteiger partial charge on any atom is 0.326 e. The van der Waals surface area contributed by atoms with Crippen LogP contribution in [-0.4, -0.2) is 58.4 Å². The van der Waals surface area contributed by atoms with E-state index in [0.717, 1.165) is 4.90 Å². The van der Waals surface area contributed by atoms with Crippen molar-refractivity contribution < 1.29 is 28.7 Å². The molecule has 3 aliphatic rings. The summed E-state index contributed by atoms with van der Waals surface area (Å²) < 4.78 is 4.94. The lowest BCUT2D eigenvalue weighted by molar-refractivity contribution is -0.154. The summed E-state index contributed by atoms with van der Waals surface area (Å²) in [4.78, 5) is 61.6. The van der Waals surface area contributed by atoms with E-state index in [4.69, 9.17) is 27.9 Å². The van der Waals surface area contributed by atoms with E-state index in [-0.39, 0.29) is 28.5 Å². The molecule has 1 aliphatic heterocycles. The van der Waals surface area contributed by atoms with Gasteiger partial charge in [0.1, 0.15) is 6.54 Å². The van der Waals surface area contributed by atoms with Gasteiger partial charge in [0.2, 0.25) is 17.7 Å². The quantitative estimate of drug-likeness (QED) is 0.361. The zero-order chi connectivity index (χ0) is 23.2. The second-order valence-corrected chi connectivity index (χ2v) is 9.24. The molecule has 9 nitrogen and oxygen atoms in total.